The minimum atomic E-state index is 0.163. The molecule has 0 radical (unpaired) electrons. The Morgan fingerprint density at radius 3 is 2.43 bits per heavy atom. The van der Waals surface area contributed by atoms with E-state index in [9.17, 15) is 4.79 Å². The quantitative estimate of drug-likeness (QED) is 0.822. The van der Waals surface area contributed by atoms with Crippen LogP contribution in [-0.4, -0.2) is 25.5 Å². The third-order valence-corrected chi connectivity index (χ3v) is 7.45. The maximum absolute atomic E-state index is 12.8. The lowest BCUT2D eigenvalue weighted by Gasteiger charge is -2.56. The molecule has 0 spiro atoms. The number of aryl methyl sites for hydroxylation is 1. The molecule has 150 valence electrons. The van der Waals surface area contributed by atoms with Crippen LogP contribution in [0.1, 0.15) is 63.1 Å². The normalized spacial score (nSPS) is 30.7. The lowest BCUT2D eigenvalue weighted by atomic mass is 9.49. The van der Waals surface area contributed by atoms with Crippen LogP contribution in [0, 0.1) is 30.1 Å². The summed E-state index contributed by atoms with van der Waals surface area (Å²) in [5.74, 6) is 2.81. The molecule has 4 aliphatic carbocycles. The van der Waals surface area contributed by atoms with Gasteiger partial charge >= 0.3 is 0 Å². The summed E-state index contributed by atoms with van der Waals surface area (Å²) in [5, 5.41) is 11.9. The van der Waals surface area contributed by atoms with Gasteiger partial charge in [0.05, 0.1) is 24.6 Å². The molecule has 0 saturated heterocycles. The largest absolute Gasteiger partial charge is 0.323 e. The van der Waals surface area contributed by atoms with Crippen molar-refractivity contribution in [3.05, 3.63) is 29.8 Å². The van der Waals surface area contributed by atoms with E-state index in [1.807, 2.05) is 21.8 Å². The summed E-state index contributed by atoms with van der Waals surface area (Å²) in [6.45, 7) is 5.73. The van der Waals surface area contributed by atoms with Crippen molar-refractivity contribution < 1.29 is 4.79 Å². The van der Waals surface area contributed by atoms with Gasteiger partial charge in [-0.05, 0) is 75.5 Å². The van der Waals surface area contributed by atoms with Crippen molar-refractivity contribution in [3.8, 4) is 0 Å². The highest BCUT2D eigenvalue weighted by Gasteiger charge is 2.51. The smallest absolute Gasteiger partial charge is 0.225 e. The summed E-state index contributed by atoms with van der Waals surface area (Å²) in [6, 6.07) is 0. The first-order valence-electron chi connectivity index (χ1n) is 10.9. The standard InChI is InChI=1S/C22H31N5O/c1-3-27-15(2)19(11-24-27)13-26-14-20(12-23-26)25-21(28)10-22-7-16-4-17(8-22)6-18(5-16)9-22/h11-12,14,16-18H,3-10,13H2,1-2H3,(H,25,28). The molecule has 6 rings (SSSR count). The number of anilines is 1. The molecule has 0 aliphatic heterocycles. The predicted molar refractivity (Wildman–Crippen MR) is 108 cm³/mol. The van der Waals surface area contributed by atoms with E-state index in [0.717, 1.165) is 35.5 Å². The topological polar surface area (TPSA) is 64.7 Å². The van der Waals surface area contributed by atoms with Gasteiger partial charge in [-0.15, -0.1) is 0 Å². The highest BCUT2D eigenvalue weighted by atomic mass is 16.1. The molecule has 2 heterocycles. The third kappa shape index (κ3) is 3.27. The zero-order valence-electron chi connectivity index (χ0n) is 17.0. The molecule has 0 atom stereocenters. The zero-order chi connectivity index (χ0) is 19.3. The fraction of sp³-hybridized carbons (Fsp3) is 0.682. The van der Waals surface area contributed by atoms with Crippen molar-refractivity contribution in [2.45, 2.75) is 71.9 Å². The number of rotatable bonds is 6. The van der Waals surface area contributed by atoms with Gasteiger partial charge in [-0.1, -0.05) is 0 Å². The molecule has 4 aliphatic rings. The lowest BCUT2D eigenvalue weighted by Crippen LogP contribution is -2.47. The first kappa shape index (κ1) is 18.0. The Hall–Kier alpha value is -2.11. The SMILES string of the molecule is CCn1ncc(Cn2cc(NC(=O)CC34CC5CC(CC(C5)C3)C4)cn2)c1C. The highest BCUT2D eigenvalue weighted by Crippen LogP contribution is 2.61. The second-order valence-corrected chi connectivity index (χ2v) is 9.64. The van der Waals surface area contributed by atoms with Crippen molar-refractivity contribution in [2.75, 3.05) is 5.32 Å². The van der Waals surface area contributed by atoms with Crippen molar-refractivity contribution in [3.63, 3.8) is 0 Å². The van der Waals surface area contributed by atoms with E-state index in [2.05, 4.69) is 29.4 Å². The maximum atomic E-state index is 12.8. The molecule has 0 unspecified atom stereocenters. The number of carbonyl (C=O) groups is 1. The first-order valence-corrected chi connectivity index (χ1v) is 10.9. The van der Waals surface area contributed by atoms with Gasteiger partial charge in [-0.25, -0.2) is 0 Å². The van der Waals surface area contributed by atoms with E-state index in [1.165, 1.54) is 44.2 Å². The predicted octanol–water partition coefficient (Wildman–Crippen LogP) is 4.00. The molecule has 1 N–H and O–H groups in total. The molecule has 4 fully saturated rings. The number of carbonyl (C=O) groups excluding carboxylic acids is 1. The van der Waals surface area contributed by atoms with Gasteiger partial charge in [-0.2, -0.15) is 10.2 Å². The van der Waals surface area contributed by atoms with Gasteiger partial charge in [0.1, 0.15) is 0 Å². The minimum Gasteiger partial charge on any atom is -0.323 e. The van der Waals surface area contributed by atoms with Gasteiger partial charge in [0.25, 0.3) is 0 Å². The summed E-state index contributed by atoms with van der Waals surface area (Å²) >= 11 is 0. The van der Waals surface area contributed by atoms with Crippen LogP contribution in [-0.2, 0) is 17.9 Å². The molecule has 2 aromatic heterocycles. The molecular weight excluding hydrogens is 350 g/mol. The fourth-order valence-electron chi connectivity index (χ4n) is 6.70. The Bertz CT molecular complexity index is 844. The van der Waals surface area contributed by atoms with Gasteiger partial charge < -0.3 is 5.32 Å². The summed E-state index contributed by atoms with van der Waals surface area (Å²) < 4.78 is 3.87. The van der Waals surface area contributed by atoms with E-state index < -0.39 is 0 Å². The summed E-state index contributed by atoms with van der Waals surface area (Å²) in [4.78, 5) is 12.8. The minimum absolute atomic E-state index is 0.163. The van der Waals surface area contributed by atoms with Crippen molar-refractivity contribution in [1.29, 1.82) is 0 Å². The Morgan fingerprint density at radius 2 is 1.82 bits per heavy atom. The van der Waals surface area contributed by atoms with E-state index in [0.29, 0.717) is 13.0 Å². The fourth-order valence-corrected chi connectivity index (χ4v) is 6.70. The van der Waals surface area contributed by atoms with Crippen LogP contribution in [0.15, 0.2) is 18.6 Å². The van der Waals surface area contributed by atoms with Crippen LogP contribution < -0.4 is 5.32 Å². The van der Waals surface area contributed by atoms with E-state index in [4.69, 9.17) is 0 Å². The van der Waals surface area contributed by atoms with Crippen LogP contribution in [0.25, 0.3) is 0 Å². The van der Waals surface area contributed by atoms with Crippen molar-refractivity contribution in [2.24, 2.45) is 23.2 Å². The van der Waals surface area contributed by atoms with E-state index in [1.54, 1.807) is 6.20 Å². The van der Waals surface area contributed by atoms with Crippen LogP contribution in [0.4, 0.5) is 5.69 Å². The molecule has 4 saturated carbocycles. The average molecular weight is 382 g/mol. The number of amides is 1. The van der Waals surface area contributed by atoms with Gasteiger partial charge in [0.2, 0.25) is 5.91 Å². The second kappa shape index (κ2) is 6.75. The van der Waals surface area contributed by atoms with Crippen LogP contribution in [0.2, 0.25) is 0 Å². The molecule has 2 aromatic rings. The molecule has 6 heteroatoms. The van der Waals surface area contributed by atoms with E-state index in [-0.39, 0.29) is 11.3 Å². The molecule has 6 nitrogen and oxygen atoms in total. The Balaban J connectivity index is 1.21. The Morgan fingerprint density at radius 1 is 1.14 bits per heavy atom. The van der Waals surface area contributed by atoms with E-state index >= 15 is 0 Å². The monoisotopic (exact) mass is 381 g/mol. The highest BCUT2D eigenvalue weighted by molar-refractivity contribution is 5.90. The number of hydrogen-bond donors (Lipinski definition) is 1. The Labute approximate surface area is 166 Å². The zero-order valence-corrected chi connectivity index (χ0v) is 17.0. The third-order valence-electron chi connectivity index (χ3n) is 7.45. The summed E-state index contributed by atoms with van der Waals surface area (Å²) in [5.41, 5.74) is 3.41. The molecule has 0 aromatic carbocycles. The second-order valence-electron chi connectivity index (χ2n) is 9.64. The molecule has 4 bridgehead atoms. The van der Waals surface area contributed by atoms with Gasteiger partial charge in [0, 0.05) is 30.4 Å². The first-order chi connectivity index (χ1) is 13.5. The maximum Gasteiger partial charge on any atom is 0.225 e. The Kier molecular flexibility index (Phi) is 4.33. The lowest BCUT2D eigenvalue weighted by molar-refractivity contribution is -0.124. The van der Waals surface area contributed by atoms with Gasteiger partial charge in [0.15, 0.2) is 0 Å². The van der Waals surface area contributed by atoms with Crippen molar-refractivity contribution >= 4 is 11.6 Å². The summed E-state index contributed by atoms with van der Waals surface area (Å²) in [6.07, 6.45) is 14.4. The number of nitrogens with zero attached hydrogens (tertiary/aromatic N) is 4. The van der Waals surface area contributed by atoms with Crippen molar-refractivity contribution in [1.82, 2.24) is 19.6 Å². The summed E-state index contributed by atoms with van der Waals surface area (Å²) in [7, 11) is 0. The van der Waals surface area contributed by atoms with Crippen LogP contribution in [0.5, 0.6) is 0 Å². The van der Waals surface area contributed by atoms with Crippen LogP contribution >= 0.6 is 0 Å². The van der Waals surface area contributed by atoms with Gasteiger partial charge in [-0.3, -0.25) is 14.2 Å². The number of aromatic nitrogens is 4. The molecular formula is C22H31N5O. The van der Waals surface area contributed by atoms with Crippen LogP contribution in [0.3, 0.4) is 0 Å². The molecule has 1 amide bonds. The molecule has 28 heavy (non-hydrogen) atoms. The number of hydrogen-bond acceptors (Lipinski definition) is 3. The number of nitrogens with one attached hydrogen (secondary N) is 1. The average Bonchev–Trinajstić information content (AvgIpc) is 3.20.